The van der Waals surface area contributed by atoms with Crippen LogP contribution in [0.5, 0.6) is 0 Å². The Morgan fingerprint density at radius 2 is 1.24 bits per heavy atom. The molecular weight excluding hydrogens is 864 g/mol. The van der Waals surface area contributed by atoms with Gasteiger partial charge in [-0.25, -0.2) is 18.8 Å². The van der Waals surface area contributed by atoms with Gasteiger partial charge in [-0.15, -0.1) is 0 Å². The lowest BCUT2D eigenvalue weighted by Crippen LogP contribution is -2.57. The molecule has 350 valence electrons. The summed E-state index contributed by atoms with van der Waals surface area (Å²) < 4.78 is 111. The van der Waals surface area contributed by atoms with Gasteiger partial charge in [0.15, 0.2) is 0 Å². The van der Waals surface area contributed by atoms with E-state index in [9.17, 15) is 48.7 Å². The second kappa shape index (κ2) is 23.9. The number of carboxylic acid groups (broad SMARTS) is 3. The van der Waals surface area contributed by atoms with Crippen molar-refractivity contribution in [2.75, 3.05) is 59.4 Å². The lowest BCUT2D eigenvalue weighted by atomic mass is 10.00. The van der Waals surface area contributed by atoms with Crippen LogP contribution in [0.2, 0.25) is 0 Å². The Labute approximate surface area is 356 Å². The molecule has 0 radical (unpaired) electrons. The van der Waals surface area contributed by atoms with E-state index in [1.165, 1.54) is 37.7 Å². The minimum absolute atomic E-state index is 0.110. The molecule has 3 aromatic carbocycles. The largest absolute Gasteiger partial charge is 0.490 e. The van der Waals surface area contributed by atoms with Gasteiger partial charge < -0.3 is 30.4 Å². The molecule has 3 aromatic rings. The van der Waals surface area contributed by atoms with E-state index in [1.54, 1.807) is 6.07 Å². The first-order valence-corrected chi connectivity index (χ1v) is 19.3. The van der Waals surface area contributed by atoms with Gasteiger partial charge in [0.1, 0.15) is 5.82 Å². The number of rotatable bonds is 10. The van der Waals surface area contributed by atoms with Gasteiger partial charge in [0, 0.05) is 69.5 Å². The van der Waals surface area contributed by atoms with Crippen molar-refractivity contribution >= 4 is 23.8 Å². The van der Waals surface area contributed by atoms with Crippen LogP contribution in [0.25, 0.3) is 11.1 Å². The van der Waals surface area contributed by atoms with Crippen molar-refractivity contribution in [1.29, 1.82) is 0 Å². The number of carboxylic acids is 3. The Morgan fingerprint density at radius 3 is 1.75 bits per heavy atom. The molecule has 5 rings (SSSR count). The fraction of sp³-hybridized carbons (Fsp3) is 0.463. The number of aliphatic carboxylic acids is 3. The zero-order chi connectivity index (χ0) is 47.8. The summed E-state index contributed by atoms with van der Waals surface area (Å²) in [5.41, 5.74) is 5.30. The first-order valence-electron chi connectivity index (χ1n) is 19.3. The van der Waals surface area contributed by atoms with Crippen LogP contribution in [0.15, 0.2) is 66.7 Å². The zero-order valence-corrected chi connectivity index (χ0v) is 34.5. The first kappa shape index (κ1) is 53.8. The van der Waals surface area contributed by atoms with Crippen molar-refractivity contribution in [2.45, 2.75) is 64.5 Å². The summed E-state index contributed by atoms with van der Waals surface area (Å²) >= 11 is 0. The van der Waals surface area contributed by atoms with Gasteiger partial charge in [-0.3, -0.25) is 14.6 Å². The van der Waals surface area contributed by atoms with Gasteiger partial charge in [0.2, 0.25) is 0 Å². The minimum Gasteiger partial charge on any atom is -0.475 e. The molecule has 2 saturated heterocycles. The number of nitrogens with zero attached hydrogens (tertiary/aromatic N) is 3. The highest BCUT2D eigenvalue weighted by molar-refractivity contribution is 5.94. The number of halogens is 10. The molecule has 0 unspecified atom stereocenters. The fourth-order valence-electron chi connectivity index (χ4n) is 6.42. The maximum atomic E-state index is 15.0. The van der Waals surface area contributed by atoms with Gasteiger partial charge in [0.25, 0.3) is 5.91 Å². The fourth-order valence-corrected chi connectivity index (χ4v) is 6.42. The number of alkyl halides is 9. The number of benzene rings is 3. The van der Waals surface area contributed by atoms with Crippen LogP contribution in [0.4, 0.5) is 43.9 Å². The van der Waals surface area contributed by atoms with Crippen LogP contribution >= 0.6 is 0 Å². The van der Waals surface area contributed by atoms with Crippen molar-refractivity contribution in [2.24, 2.45) is 0 Å². The molecule has 5 N–H and O–H groups in total. The topological polar surface area (TPSA) is 160 Å². The van der Waals surface area contributed by atoms with Crippen molar-refractivity contribution in [3.05, 3.63) is 94.8 Å². The number of carbonyl (C=O) groups excluding carboxylic acids is 1. The van der Waals surface area contributed by atoms with Crippen molar-refractivity contribution in [3.8, 4) is 11.1 Å². The van der Waals surface area contributed by atoms with Crippen LogP contribution in [0.1, 0.15) is 47.3 Å². The van der Waals surface area contributed by atoms with Crippen LogP contribution < -0.4 is 10.6 Å². The lowest BCUT2D eigenvalue weighted by molar-refractivity contribution is -0.913. The summed E-state index contributed by atoms with van der Waals surface area (Å²) in [6, 6.07) is 21.7. The molecular formula is C41H50F10N5O7+. The second-order valence-corrected chi connectivity index (χ2v) is 15.0. The van der Waals surface area contributed by atoms with Gasteiger partial charge in [-0.1, -0.05) is 43.3 Å². The Kier molecular flexibility index (Phi) is 20.4. The Hall–Kier alpha value is -5.32. The van der Waals surface area contributed by atoms with Crippen LogP contribution in [0, 0.1) is 5.82 Å². The zero-order valence-electron chi connectivity index (χ0n) is 34.5. The third kappa shape index (κ3) is 19.7. The van der Waals surface area contributed by atoms with E-state index in [0.717, 1.165) is 67.0 Å². The molecule has 0 bridgehead atoms. The number of piperazine rings is 2. The molecule has 2 aliphatic heterocycles. The highest BCUT2D eigenvalue weighted by Gasteiger charge is 2.39. The van der Waals surface area contributed by atoms with E-state index in [2.05, 4.69) is 59.5 Å². The molecule has 2 fully saturated rings. The van der Waals surface area contributed by atoms with Crippen LogP contribution in [-0.2, 0) is 34.0 Å². The van der Waals surface area contributed by atoms with E-state index in [4.69, 9.17) is 29.7 Å². The number of carbonyl (C=O) groups is 4. The average Bonchev–Trinajstić information content (AvgIpc) is 3.18. The van der Waals surface area contributed by atoms with E-state index < -0.39 is 36.4 Å². The maximum Gasteiger partial charge on any atom is 0.490 e. The molecule has 0 aromatic heterocycles. The SMILES string of the molecule is CCC[N+]1(C)CCN(Cc2cccc(C(=O)NCc3ccc(F)c(-c4cccc(CN5CCN[C@@H](C)C5)c4)c3)c2)CC1.O=C(O)C(F)(F)F.O=C(O)C(F)(F)F.O=C(O)C(F)(F)F. The van der Waals surface area contributed by atoms with Gasteiger partial charge in [0.05, 0.1) is 26.7 Å². The van der Waals surface area contributed by atoms with Crippen LogP contribution in [0.3, 0.4) is 0 Å². The van der Waals surface area contributed by atoms with Crippen molar-refractivity contribution in [1.82, 2.24) is 20.4 Å². The summed E-state index contributed by atoms with van der Waals surface area (Å²) in [5.74, 6) is -8.63. The molecule has 22 heteroatoms. The Bertz CT molecular complexity index is 1910. The van der Waals surface area contributed by atoms with Gasteiger partial charge >= 0.3 is 36.4 Å². The second-order valence-electron chi connectivity index (χ2n) is 15.0. The molecule has 0 saturated carbocycles. The summed E-state index contributed by atoms with van der Waals surface area (Å²) in [6.45, 7) is 15.3. The number of hydrogen-bond acceptors (Lipinski definition) is 7. The molecule has 63 heavy (non-hydrogen) atoms. The average molecular weight is 915 g/mol. The predicted octanol–water partition coefficient (Wildman–Crippen LogP) is 6.79. The predicted molar refractivity (Wildman–Crippen MR) is 210 cm³/mol. The molecule has 2 aliphatic rings. The molecule has 1 atom stereocenters. The number of likely N-dealkylation sites (N-methyl/N-ethyl adjacent to an activating group) is 1. The third-order valence-electron chi connectivity index (χ3n) is 9.58. The van der Waals surface area contributed by atoms with E-state index >= 15 is 0 Å². The molecule has 0 aliphatic carbocycles. The molecule has 1 amide bonds. The minimum atomic E-state index is -5.08. The summed E-state index contributed by atoms with van der Waals surface area (Å²) in [7, 11) is 2.36. The summed E-state index contributed by atoms with van der Waals surface area (Å²) in [4.78, 5) is 44.7. The van der Waals surface area contributed by atoms with Gasteiger partial charge in [-0.2, -0.15) is 39.5 Å². The lowest BCUT2D eigenvalue weighted by Gasteiger charge is -2.42. The molecule has 0 spiro atoms. The highest BCUT2D eigenvalue weighted by Crippen LogP contribution is 2.26. The Balaban J connectivity index is 0.000000536. The smallest absolute Gasteiger partial charge is 0.475 e. The third-order valence-corrected chi connectivity index (χ3v) is 9.58. The number of hydrogen-bond donors (Lipinski definition) is 5. The quantitative estimate of drug-likeness (QED) is 0.108. The summed E-state index contributed by atoms with van der Waals surface area (Å²) in [5, 5.41) is 27.9. The van der Waals surface area contributed by atoms with Crippen molar-refractivity contribution in [3.63, 3.8) is 0 Å². The maximum absolute atomic E-state index is 15.0. The number of nitrogens with one attached hydrogen (secondary N) is 2. The van der Waals surface area contributed by atoms with Crippen molar-refractivity contribution < 1.29 is 82.9 Å². The molecule has 12 nitrogen and oxygen atoms in total. The highest BCUT2D eigenvalue weighted by atomic mass is 19.4. The number of quaternary nitrogens is 1. The van der Waals surface area contributed by atoms with Gasteiger partial charge in [-0.05, 0) is 65.9 Å². The van der Waals surface area contributed by atoms with E-state index in [-0.39, 0.29) is 11.7 Å². The summed E-state index contributed by atoms with van der Waals surface area (Å²) in [6.07, 6.45) is -14.0. The Morgan fingerprint density at radius 1 is 0.730 bits per heavy atom. The molecule has 2 heterocycles. The normalized spacial score (nSPS) is 16.7. The number of amides is 1. The monoisotopic (exact) mass is 914 g/mol. The van der Waals surface area contributed by atoms with E-state index in [1.807, 2.05) is 36.4 Å². The first-order chi connectivity index (χ1) is 29.1. The van der Waals surface area contributed by atoms with Crippen LogP contribution in [-0.4, -0.2) is 137 Å². The standard InChI is InChI=1S/C35H46FN5O.3C2HF3O2/c1-4-17-41(3)18-15-39(16-19-41)25-30-8-6-10-32(21-30)35(42)38-23-28-11-12-34(36)33(22-28)31-9-5-7-29(20-31)26-40-14-13-37-27(2)24-40;3*3-2(4,5)1(6)7/h5-12,20-22,27,37H,4,13-19,23-26H2,1-3H3;3*(H,6,7)/p+1/t27-;;;/m0.../s1. The van der Waals surface area contributed by atoms with E-state index in [0.29, 0.717) is 23.7 Å².